The molecule has 98 valence electrons. The van der Waals surface area contributed by atoms with Gasteiger partial charge in [0, 0.05) is 24.7 Å². The number of nitrogens with one attached hydrogen (secondary N) is 1. The fourth-order valence-electron chi connectivity index (χ4n) is 1.57. The maximum absolute atomic E-state index is 13.3. The standard InChI is InChI=1S/C13H10F2N2O2/c14-10-3-6-13(12(15)7-10)16-8-9-1-4-11(5-2-9)17(18)19/h1-7,16H,8H2. The van der Waals surface area contributed by atoms with Crippen molar-refractivity contribution in [3.63, 3.8) is 0 Å². The van der Waals surface area contributed by atoms with Gasteiger partial charge in [0.15, 0.2) is 0 Å². The molecule has 0 amide bonds. The van der Waals surface area contributed by atoms with Crippen molar-refractivity contribution in [2.75, 3.05) is 5.32 Å². The Morgan fingerprint density at radius 2 is 1.79 bits per heavy atom. The van der Waals surface area contributed by atoms with Gasteiger partial charge in [0.25, 0.3) is 5.69 Å². The molecule has 2 aromatic carbocycles. The molecule has 2 aromatic rings. The van der Waals surface area contributed by atoms with E-state index in [1.54, 1.807) is 12.1 Å². The third-order valence-electron chi connectivity index (χ3n) is 2.56. The summed E-state index contributed by atoms with van der Waals surface area (Å²) in [5.41, 5.74) is 0.936. The van der Waals surface area contributed by atoms with Gasteiger partial charge >= 0.3 is 0 Å². The summed E-state index contributed by atoms with van der Waals surface area (Å²) >= 11 is 0. The smallest absolute Gasteiger partial charge is 0.269 e. The van der Waals surface area contributed by atoms with Crippen molar-refractivity contribution in [2.24, 2.45) is 0 Å². The molecular formula is C13H10F2N2O2. The molecule has 0 aliphatic rings. The highest BCUT2D eigenvalue weighted by molar-refractivity contribution is 5.45. The van der Waals surface area contributed by atoms with Gasteiger partial charge in [0.1, 0.15) is 11.6 Å². The number of non-ortho nitro benzene ring substituents is 1. The van der Waals surface area contributed by atoms with Crippen molar-refractivity contribution >= 4 is 11.4 Å². The largest absolute Gasteiger partial charge is 0.379 e. The molecule has 0 bridgehead atoms. The van der Waals surface area contributed by atoms with Crippen LogP contribution in [0.25, 0.3) is 0 Å². The van der Waals surface area contributed by atoms with Crippen LogP contribution in [0.5, 0.6) is 0 Å². The van der Waals surface area contributed by atoms with Crippen LogP contribution in [0.4, 0.5) is 20.2 Å². The van der Waals surface area contributed by atoms with E-state index in [9.17, 15) is 18.9 Å². The summed E-state index contributed by atoms with van der Waals surface area (Å²) in [6.07, 6.45) is 0. The van der Waals surface area contributed by atoms with Crippen LogP contribution in [-0.2, 0) is 6.54 Å². The second-order valence-corrected chi connectivity index (χ2v) is 3.90. The van der Waals surface area contributed by atoms with Crippen molar-refractivity contribution in [3.8, 4) is 0 Å². The Labute approximate surface area is 107 Å². The van der Waals surface area contributed by atoms with Crippen molar-refractivity contribution in [1.82, 2.24) is 0 Å². The van der Waals surface area contributed by atoms with Gasteiger partial charge < -0.3 is 5.32 Å². The second kappa shape index (κ2) is 5.43. The highest BCUT2D eigenvalue weighted by Crippen LogP contribution is 2.17. The topological polar surface area (TPSA) is 55.2 Å². The lowest BCUT2D eigenvalue weighted by Gasteiger charge is -2.07. The lowest BCUT2D eigenvalue weighted by Crippen LogP contribution is -2.01. The summed E-state index contributed by atoms with van der Waals surface area (Å²) in [6.45, 7) is 0.292. The van der Waals surface area contributed by atoms with Crippen LogP contribution < -0.4 is 5.32 Å². The van der Waals surface area contributed by atoms with Crippen LogP contribution in [0.1, 0.15) is 5.56 Å². The van der Waals surface area contributed by atoms with Gasteiger partial charge in [0.05, 0.1) is 10.6 Å². The average molecular weight is 264 g/mol. The molecule has 0 saturated carbocycles. The number of nitro benzene ring substituents is 1. The molecule has 0 radical (unpaired) electrons. The van der Waals surface area contributed by atoms with E-state index in [1.165, 1.54) is 18.2 Å². The van der Waals surface area contributed by atoms with Gasteiger partial charge in [-0.2, -0.15) is 0 Å². The summed E-state index contributed by atoms with van der Waals surface area (Å²) in [5, 5.41) is 13.3. The molecule has 0 fully saturated rings. The molecule has 1 N–H and O–H groups in total. The molecule has 0 atom stereocenters. The SMILES string of the molecule is O=[N+]([O-])c1ccc(CNc2ccc(F)cc2F)cc1. The molecule has 0 aliphatic carbocycles. The van der Waals surface area contributed by atoms with Gasteiger partial charge in [-0.25, -0.2) is 8.78 Å². The fourth-order valence-corrected chi connectivity index (χ4v) is 1.57. The van der Waals surface area contributed by atoms with Crippen LogP contribution in [0.2, 0.25) is 0 Å². The Morgan fingerprint density at radius 1 is 1.11 bits per heavy atom. The Balaban J connectivity index is 2.04. The number of halogens is 2. The monoisotopic (exact) mass is 264 g/mol. The third-order valence-corrected chi connectivity index (χ3v) is 2.56. The number of nitro groups is 1. The van der Waals surface area contributed by atoms with Gasteiger partial charge in [0.2, 0.25) is 0 Å². The molecule has 4 nitrogen and oxygen atoms in total. The van der Waals surface area contributed by atoms with E-state index in [2.05, 4.69) is 5.32 Å². The Morgan fingerprint density at radius 3 is 2.37 bits per heavy atom. The maximum atomic E-state index is 13.3. The zero-order valence-electron chi connectivity index (χ0n) is 9.77. The third kappa shape index (κ3) is 3.25. The van der Waals surface area contributed by atoms with Gasteiger partial charge in [-0.05, 0) is 17.7 Å². The number of hydrogen-bond donors (Lipinski definition) is 1. The molecule has 0 aliphatic heterocycles. The minimum Gasteiger partial charge on any atom is -0.379 e. The van der Waals surface area contributed by atoms with Crippen molar-refractivity contribution < 1.29 is 13.7 Å². The number of nitrogens with zero attached hydrogens (tertiary/aromatic N) is 1. The first-order valence-corrected chi connectivity index (χ1v) is 5.48. The van der Waals surface area contributed by atoms with E-state index >= 15 is 0 Å². The highest BCUT2D eigenvalue weighted by atomic mass is 19.1. The number of benzene rings is 2. The van der Waals surface area contributed by atoms with E-state index in [0.717, 1.165) is 17.7 Å². The van der Waals surface area contributed by atoms with E-state index < -0.39 is 16.6 Å². The zero-order valence-corrected chi connectivity index (χ0v) is 9.77. The second-order valence-electron chi connectivity index (χ2n) is 3.90. The fraction of sp³-hybridized carbons (Fsp3) is 0.0769. The minimum absolute atomic E-state index is 0.00304. The first-order chi connectivity index (χ1) is 9.06. The summed E-state index contributed by atoms with van der Waals surface area (Å²) < 4.78 is 26.0. The molecule has 2 rings (SSSR count). The Kier molecular flexibility index (Phi) is 3.70. The van der Waals surface area contributed by atoms with Crippen LogP contribution in [0, 0.1) is 21.7 Å². The molecule has 0 unspecified atom stereocenters. The lowest BCUT2D eigenvalue weighted by atomic mass is 10.2. The average Bonchev–Trinajstić information content (AvgIpc) is 2.38. The van der Waals surface area contributed by atoms with Gasteiger partial charge in [-0.15, -0.1) is 0 Å². The number of anilines is 1. The van der Waals surface area contributed by atoms with Crippen molar-refractivity contribution in [2.45, 2.75) is 6.54 Å². The summed E-state index contributed by atoms with van der Waals surface area (Å²) in [6, 6.07) is 9.14. The van der Waals surface area contributed by atoms with Crippen LogP contribution in [0.3, 0.4) is 0 Å². The normalized spacial score (nSPS) is 10.2. The minimum atomic E-state index is -0.679. The molecule has 0 saturated heterocycles. The van der Waals surface area contributed by atoms with E-state index in [4.69, 9.17) is 0 Å². The molecule has 6 heteroatoms. The molecule has 0 spiro atoms. The predicted octanol–water partition coefficient (Wildman–Crippen LogP) is 3.49. The molecule has 0 heterocycles. The van der Waals surface area contributed by atoms with Crippen LogP contribution in [0.15, 0.2) is 42.5 Å². The van der Waals surface area contributed by atoms with Crippen molar-refractivity contribution in [1.29, 1.82) is 0 Å². The van der Waals surface area contributed by atoms with E-state index in [1.807, 2.05) is 0 Å². The number of hydrogen-bond acceptors (Lipinski definition) is 3. The number of rotatable bonds is 4. The van der Waals surface area contributed by atoms with Crippen LogP contribution >= 0.6 is 0 Å². The quantitative estimate of drug-likeness (QED) is 0.679. The lowest BCUT2D eigenvalue weighted by molar-refractivity contribution is -0.384. The maximum Gasteiger partial charge on any atom is 0.269 e. The molecule has 19 heavy (non-hydrogen) atoms. The zero-order chi connectivity index (χ0) is 13.8. The summed E-state index contributed by atoms with van der Waals surface area (Å²) in [7, 11) is 0. The molecule has 0 aromatic heterocycles. The first-order valence-electron chi connectivity index (χ1n) is 5.48. The van der Waals surface area contributed by atoms with E-state index in [-0.39, 0.29) is 11.4 Å². The predicted molar refractivity (Wildman–Crippen MR) is 66.8 cm³/mol. The summed E-state index contributed by atoms with van der Waals surface area (Å²) in [4.78, 5) is 9.98. The Hall–Kier alpha value is -2.50. The highest BCUT2D eigenvalue weighted by Gasteiger charge is 2.05. The Bertz CT molecular complexity index is 600. The van der Waals surface area contributed by atoms with E-state index in [0.29, 0.717) is 6.54 Å². The summed E-state index contributed by atoms with van der Waals surface area (Å²) in [5.74, 6) is -1.32. The van der Waals surface area contributed by atoms with Gasteiger partial charge in [-0.1, -0.05) is 12.1 Å². The van der Waals surface area contributed by atoms with Crippen LogP contribution in [-0.4, -0.2) is 4.92 Å². The molecular weight excluding hydrogens is 254 g/mol. The van der Waals surface area contributed by atoms with Gasteiger partial charge in [-0.3, -0.25) is 10.1 Å². The van der Waals surface area contributed by atoms with Crippen molar-refractivity contribution in [3.05, 3.63) is 69.8 Å². The first kappa shape index (κ1) is 12.9.